The number of nitro groups is 1. The lowest BCUT2D eigenvalue weighted by atomic mass is 10.1. The van der Waals surface area contributed by atoms with Crippen molar-refractivity contribution in [1.29, 1.82) is 0 Å². The Bertz CT molecular complexity index is 1280. The maximum Gasteiger partial charge on any atom is 0.293 e. The molecule has 0 saturated carbocycles. The molecule has 154 valence electrons. The summed E-state index contributed by atoms with van der Waals surface area (Å²) in [6.45, 7) is 1.89. The van der Waals surface area contributed by atoms with Crippen molar-refractivity contribution in [2.24, 2.45) is 7.05 Å². The van der Waals surface area contributed by atoms with Gasteiger partial charge in [0.2, 0.25) is 5.78 Å². The lowest BCUT2D eigenvalue weighted by Gasteiger charge is -2.09. The number of carbonyl (C=O) groups excluding carboxylic acids is 1. The van der Waals surface area contributed by atoms with Crippen LogP contribution in [-0.2, 0) is 7.05 Å². The first-order valence-electron chi connectivity index (χ1n) is 9.40. The molecule has 0 fully saturated rings. The van der Waals surface area contributed by atoms with Gasteiger partial charge in [0.05, 0.1) is 4.92 Å². The number of anilines is 2. The molecule has 31 heavy (non-hydrogen) atoms. The maximum atomic E-state index is 12.6. The molecule has 0 amide bonds. The number of nitro benzene ring substituents is 1. The molecule has 0 bridgehead atoms. The van der Waals surface area contributed by atoms with Gasteiger partial charge in [0.25, 0.3) is 5.69 Å². The Morgan fingerprint density at radius 1 is 1.06 bits per heavy atom. The van der Waals surface area contributed by atoms with Crippen molar-refractivity contribution >= 4 is 22.8 Å². The average Bonchev–Trinajstić information content (AvgIpc) is 3.19. The number of imidazole rings is 1. The normalized spacial score (nSPS) is 10.6. The molecule has 2 heterocycles. The van der Waals surface area contributed by atoms with Crippen LogP contribution in [0.15, 0.2) is 67.1 Å². The highest BCUT2D eigenvalue weighted by molar-refractivity contribution is 6.07. The van der Waals surface area contributed by atoms with E-state index in [1.807, 2.05) is 25.1 Å². The number of hydrogen-bond acceptors (Lipinski definition) is 7. The Morgan fingerprint density at radius 2 is 1.84 bits per heavy atom. The van der Waals surface area contributed by atoms with Gasteiger partial charge >= 0.3 is 0 Å². The van der Waals surface area contributed by atoms with E-state index in [0.717, 1.165) is 11.3 Å². The van der Waals surface area contributed by atoms with Crippen molar-refractivity contribution in [3.63, 3.8) is 0 Å². The molecule has 0 atom stereocenters. The van der Waals surface area contributed by atoms with Gasteiger partial charge in [-0.15, -0.1) is 0 Å². The highest BCUT2D eigenvalue weighted by Crippen LogP contribution is 2.30. The predicted octanol–water partition coefficient (Wildman–Crippen LogP) is 4.07. The summed E-state index contributed by atoms with van der Waals surface area (Å²) in [7, 11) is 1.69. The summed E-state index contributed by atoms with van der Waals surface area (Å²) in [5.41, 5.74) is 2.62. The first-order chi connectivity index (χ1) is 14.9. The van der Waals surface area contributed by atoms with E-state index in [1.54, 1.807) is 42.2 Å². The van der Waals surface area contributed by atoms with Crippen LogP contribution in [0, 0.1) is 17.0 Å². The van der Waals surface area contributed by atoms with E-state index in [4.69, 9.17) is 0 Å². The van der Waals surface area contributed by atoms with Gasteiger partial charge < -0.3 is 9.88 Å². The molecule has 1 N–H and O–H groups in total. The molecule has 0 aliphatic carbocycles. The zero-order valence-electron chi connectivity index (χ0n) is 16.8. The second-order valence-electron chi connectivity index (χ2n) is 6.90. The van der Waals surface area contributed by atoms with Crippen molar-refractivity contribution in [2.75, 3.05) is 5.32 Å². The largest absolute Gasteiger partial charge is 0.350 e. The first kappa shape index (κ1) is 19.9. The molecule has 9 heteroatoms. The zero-order chi connectivity index (χ0) is 22.0. The monoisotopic (exact) mass is 414 g/mol. The molecule has 0 unspecified atom stereocenters. The summed E-state index contributed by atoms with van der Waals surface area (Å²) in [5, 5.41) is 14.7. The van der Waals surface area contributed by atoms with Crippen LogP contribution in [0.4, 0.5) is 17.1 Å². The lowest BCUT2D eigenvalue weighted by molar-refractivity contribution is -0.383. The number of aryl methyl sites for hydroxylation is 2. The van der Waals surface area contributed by atoms with E-state index in [9.17, 15) is 14.9 Å². The molecule has 4 aromatic rings. The molecule has 0 radical (unpaired) electrons. The molecule has 4 rings (SSSR count). The lowest BCUT2D eigenvalue weighted by Crippen LogP contribution is -2.09. The second-order valence-corrected chi connectivity index (χ2v) is 6.90. The molecule has 0 saturated heterocycles. The van der Waals surface area contributed by atoms with Crippen LogP contribution < -0.4 is 5.32 Å². The van der Waals surface area contributed by atoms with E-state index < -0.39 is 4.92 Å². The van der Waals surface area contributed by atoms with Crippen molar-refractivity contribution in [2.45, 2.75) is 6.92 Å². The van der Waals surface area contributed by atoms with Gasteiger partial charge in [-0.25, -0.2) is 15.0 Å². The third kappa shape index (κ3) is 4.15. The molecule has 0 spiro atoms. The highest BCUT2D eigenvalue weighted by Gasteiger charge is 2.20. The number of aromatic nitrogens is 4. The molecule has 9 nitrogen and oxygen atoms in total. The van der Waals surface area contributed by atoms with Crippen LogP contribution in [0.2, 0.25) is 0 Å². The number of nitrogens with one attached hydrogen (secondary N) is 1. The van der Waals surface area contributed by atoms with E-state index in [0.29, 0.717) is 11.5 Å². The quantitative estimate of drug-likeness (QED) is 0.287. The topological polar surface area (TPSA) is 116 Å². The van der Waals surface area contributed by atoms with E-state index >= 15 is 0 Å². The summed E-state index contributed by atoms with van der Waals surface area (Å²) in [6.07, 6.45) is 4.84. The van der Waals surface area contributed by atoms with Crippen LogP contribution >= 0.6 is 0 Å². The van der Waals surface area contributed by atoms with Crippen molar-refractivity contribution in [3.05, 3.63) is 94.3 Å². The van der Waals surface area contributed by atoms with Gasteiger partial charge in [0.1, 0.15) is 5.69 Å². The van der Waals surface area contributed by atoms with Crippen LogP contribution in [0.1, 0.15) is 21.9 Å². The minimum atomic E-state index is -0.521. The summed E-state index contributed by atoms with van der Waals surface area (Å²) < 4.78 is 1.57. The minimum Gasteiger partial charge on any atom is -0.350 e. The van der Waals surface area contributed by atoms with Gasteiger partial charge in [0, 0.05) is 54.2 Å². The molecular weight excluding hydrogens is 396 g/mol. The fraction of sp³-hybridized carbons (Fsp3) is 0.0909. The average molecular weight is 414 g/mol. The Hall–Kier alpha value is -4.40. The number of ketones is 1. The minimum absolute atomic E-state index is 0.193. The van der Waals surface area contributed by atoms with Gasteiger partial charge in [-0.1, -0.05) is 0 Å². The molecule has 0 aliphatic rings. The Labute approximate surface area is 177 Å². The van der Waals surface area contributed by atoms with Crippen LogP contribution in [0.3, 0.4) is 0 Å². The highest BCUT2D eigenvalue weighted by atomic mass is 16.6. The SMILES string of the molecule is Cc1ccnc(-c2ccc(Nc3ccc(C(=O)c4nccn4C)cc3[N+](=O)[O-])cc2)n1. The maximum absolute atomic E-state index is 12.6. The van der Waals surface area contributed by atoms with Crippen molar-refractivity contribution in [3.8, 4) is 11.4 Å². The fourth-order valence-corrected chi connectivity index (χ4v) is 3.09. The summed E-state index contributed by atoms with van der Waals surface area (Å²) in [6, 6.07) is 13.4. The number of hydrogen-bond donors (Lipinski definition) is 1. The Balaban J connectivity index is 1.60. The van der Waals surface area contributed by atoms with Gasteiger partial charge in [0.15, 0.2) is 11.6 Å². The van der Waals surface area contributed by atoms with Crippen LogP contribution in [0.5, 0.6) is 0 Å². The number of rotatable bonds is 6. The molecule has 2 aromatic heterocycles. The number of benzene rings is 2. The molecule has 2 aromatic carbocycles. The van der Waals surface area contributed by atoms with Crippen LogP contribution in [0.25, 0.3) is 11.4 Å². The van der Waals surface area contributed by atoms with Gasteiger partial charge in [-0.05, 0) is 49.4 Å². The van der Waals surface area contributed by atoms with Crippen molar-refractivity contribution in [1.82, 2.24) is 19.5 Å². The van der Waals surface area contributed by atoms with E-state index in [1.165, 1.54) is 18.3 Å². The van der Waals surface area contributed by atoms with Crippen LogP contribution in [-0.4, -0.2) is 30.2 Å². The summed E-state index contributed by atoms with van der Waals surface area (Å²) in [4.78, 5) is 36.4. The molecule has 0 aliphatic heterocycles. The standard InChI is InChI=1S/C22H18N6O3/c1-14-9-10-23-21(25-14)15-3-6-17(7-4-15)26-18-8-5-16(13-19(18)28(30)31)20(29)22-24-11-12-27(22)2/h3-13,26H,1-2H3. The van der Waals surface area contributed by atoms with Crippen molar-refractivity contribution < 1.29 is 9.72 Å². The third-order valence-corrected chi connectivity index (χ3v) is 4.70. The van der Waals surface area contributed by atoms with Gasteiger partial charge in [-0.2, -0.15) is 0 Å². The zero-order valence-corrected chi connectivity index (χ0v) is 16.8. The summed E-state index contributed by atoms with van der Waals surface area (Å²) >= 11 is 0. The van der Waals surface area contributed by atoms with E-state index in [2.05, 4.69) is 20.3 Å². The number of nitrogens with zero attached hydrogens (tertiary/aromatic N) is 5. The Kier molecular flexibility index (Phi) is 5.23. The first-order valence-corrected chi connectivity index (χ1v) is 9.40. The number of carbonyl (C=O) groups is 1. The second kappa shape index (κ2) is 8.15. The Morgan fingerprint density at radius 3 is 2.48 bits per heavy atom. The van der Waals surface area contributed by atoms with E-state index in [-0.39, 0.29) is 28.5 Å². The van der Waals surface area contributed by atoms with Gasteiger partial charge in [-0.3, -0.25) is 14.9 Å². The predicted molar refractivity (Wildman–Crippen MR) is 115 cm³/mol. The molecular formula is C22H18N6O3. The smallest absolute Gasteiger partial charge is 0.293 e. The summed E-state index contributed by atoms with van der Waals surface area (Å²) in [5.74, 6) is 0.434. The fourth-order valence-electron chi connectivity index (χ4n) is 3.09. The third-order valence-electron chi connectivity index (χ3n) is 4.70.